The van der Waals surface area contributed by atoms with E-state index in [9.17, 15) is 4.79 Å². The Kier molecular flexibility index (Phi) is 8.61. The van der Waals surface area contributed by atoms with Gasteiger partial charge in [0.05, 0.1) is 0 Å². The molecule has 14 heavy (non-hydrogen) atoms. The van der Waals surface area contributed by atoms with Gasteiger partial charge < -0.3 is 0 Å². The molecule has 0 amide bonds. The third kappa shape index (κ3) is 6.88. The summed E-state index contributed by atoms with van der Waals surface area (Å²) in [6.45, 7) is 6.26. The highest BCUT2D eigenvalue weighted by Gasteiger charge is 2.02. The Morgan fingerprint density at radius 1 is 1.07 bits per heavy atom. The van der Waals surface area contributed by atoms with E-state index in [-0.39, 0.29) is 0 Å². The molecular formula is C13H24O. The Morgan fingerprint density at radius 2 is 1.71 bits per heavy atom. The van der Waals surface area contributed by atoms with E-state index in [1.54, 1.807) is 0 Å². The van der Waals surface area contributed by atoms with Gasteiger partial charge in [0.2, 0.25) is 0 Å². The summed E-state index contributed by atoms with van der Waals surface area (Å²) in [6, 6.07) is 0. The minimum Gasteiger partial charge on any atom is -0.295 e. The summed E-state index contributed by atoms with van der Waals surface area (Å²) in [7, 11) is 0. The normalized spacial score (nSPS) is 11.8. The van der Waals surface area contributed by atoms with Crippen LogP contribution in [0.15, 0.2) is 11.6 Å². The van der Waals surface area contributed by atoms with Gasteiger partial charge in [0, 0.05) is 6.42 Å². The van der Waals surface area contributed by atoms with Gasteiger partial charge in [0.25, 0.3) is 0 Å². The van der Waals surface area contributed by atoms with Crippen molar-refractivity contribution in [3.63, 3.8) is 0 Å². The summed E-state index contributed by atoms with van der Waals surface area (Å²) < 4.78 is 0. The lowest BCUT2D eigenvalue weighted by Gasteiger charge is -1.99. The Hall–Kier alpha value is -0.590. The van der Waals surface area contributed by atoms with E-state index in [1.165, 1.54) is 19.3 Å². The summed E-state index contributed by atoms with van der Waals surface area (Å²) in [4.78, 5) is 11.5. The molecule has 0 heterocycles. The number of rotatable bonds is 8. The van der Waals surface area contributed by atoms with Gasteiger partial charge in [-0.3, -0.25) is 4.79 Å². The van der Waals surface area contributed by atoms with E-state index >= 15 is 0 Å². The third-order valence-corrected chi connectivity index (χ3v) is 2.46. The van der Waals surface area contributed by atoms with E-state index in [2.05, 4.69) is 19.9 Å². The van der Waals surface area contributed by atoms with Crippen molar-refractivity contribution in [1.82, 2.24) is 0 Å². The van der Waals surface area contributed by atoms with E-state index < -0.39 is 0 Å². The molecule has 0 radical (unpaired) electrons. The van der Waals surface area contributed by atoms with Crippen LogP contribution in [0.4, 0.5) is 0 Å². The zero-order valence-corrected chi connectivity index (χ0v) is 9.94. The predicted molar refractivity (Wildman–Crippen MR) is 62.4 cm³/mol. The molecule has 0 saturated heterocycles. The van der Waals surface area contributed by atoms with Gasteiger partial charge in [-0.05, 0) is 31.8 Å². The second-order valence-electron chi connectivity index (χ2n) is 3.91. The van der Waals surface area contributed by atoms with Gasteiger partial charge in [0.15, 0.2) is 5.78 Å². The fourth-order valence-corrected chi connectivity index (χ4v) is 1.36. The van der Waals surface area contributed by atoms with Crippen molar-refractivity contribution in [2.45, 2.75) is 65.7 Å². The molecule has 0 aliphatic rings. The topological polar surface area (TPSA) is 17.1 Å². The van der Waals surface area contributed by atoms with Crippen molar-refractivity contribution >= 4 is 5.78 Å². The first kappa shape index (κ1) is 13.4. The van der Waals surface area contributed by atoms with E-state index in [0.717, 1.165) is 31.3 Å². The number of hydrogen-bond acceptors (Lipinski definition) is 1. The van der Waals surface area contributed by atoms with Crippen molar-refractivity contribution in [2.24, 2.45) is 0 Å². The van der Waals surface area contributed by atoms with Gasteiger partial charge in [-0.15, -0.1) is 0 Å². The average molecular weight is 196 g/mol. The van der Waals surface area contributed by atoms with E-state index in [4.69, 9.17) is 0 Å². The van der Waals surface area contributed by atoms with Gasteiger partial charge in [0.1, 0.15) is 0 Å². The number of ketones is 1. The van der Waals surface area contributed by atoms with Crippen molar-refractivity contribution < 1.29 is 4.79 Å². The van der Waals surface area contributed by atoms with Crippen LogP contribution < -0.4 is 0 Å². The molecule has 0 rings (SSSR count). The van der Waals surface area contributed by atoms with Crippen molar-refractivity contribution in [3.8, 4) is 0 Å². The molecule has 0 aromatic carbocycles. The monoisotopic (exact) mass is 196 g/mol. The van der Waals surface area contributed by atoms with Crippen LogP contribution in [0.2, 0.25) is 0 Å². The third-order valence-electron chi connectivity index (χ3n) is 2.46. The lowest BCUT2D eigenvalue weighted by atomic mass is 10.1. The van der Waals surface area contributed by atoms with Crippen molar-refractivity contribution in [2.75, 3.05) is 0 Å². The van der Waals surface area contributed by atoms with Gasteiger partial charge >= 0.3 is 0 Å². The van der Waals surface area contributed by atoms with E-state index in [0.29, 0.717) is 5.78 Å². The molecule has 0 aliphatic heterocycles. The maximum atomic E-state index is 11.5. The fraction of sp³-hybridized carbons (Fsp3) is 0.769. The smallest absolute Gasteiger partial charge is 0.158 e. The largest absolute Gasteiger partial charge is 0.295 e. The summed E-state index contributed by atoms with van der Waals surface area (Å²) in [5.74, 6) is 0.336. The average Bonchev–Trinajstić information content (AvgIpc) is 2.20. The van der Waals surface area contributed by atoms with Gasteiger partial charge in [-0.1, -0.05) is 39.2 Å². The Bertz CT molecular complexity index is 180. The highest BCUT2D eigenvalue weighted by molar-refractivity contribution is 5.94. The maximum absolute atomic E-state index is 11.5. The first-order valence-electron chi connectivity index (χ1n) is 5.92. The minimum atomic E-state index is 0.336. The Morgan fingerprint density at radius 3 is 2.29 bits per heavy atom. The second-order valence-corrected chi connectivity index (χ2v) is 3.91. The second kappa shape index (κ2) is 8.98. The van der Waals surface area contributed by atoms with Crippen LogP contribution in [0.3, 0.4) is 0 Å². The zero-order chi connectivity index (χ0) is 10.8. The standard InChI is InChI=1S/C13H24O/c1-4-6-8-9-10-12(3)13(14)11-7-5-2/h10H,4-9,11H2,1-3H3. The lowest BCUT2D eigenvalue weighted by Crippen LogP contribution is -1.98. The number of hydrogen-bond donors (Lipinski definition) is 0. The Labute approximate surface area is 88.6 Å². The summed E-state index contributed by atoms with van der Waals surface area (Å²) in [6.07, 6.45) is 9.77. The zero-order valence-electron chi connectivity index (χ0n) is 9.94. The van der Waals surface area contributed by atoms with Gasteiger partial charge in [-0.25, -0.2) is 0 Å². The molecule has 82 valence electrons. The Balaban J connectivity index is 3.68. The molecule has 1 heteroatoms. The molecule has 0 atom stereocenters. The molecule has 0 aliphatic carbocycles. The van der Waals surface area contributed by atoms with Crippen LogP contribution in [0.5, 0.6) is 0 Å². The number of unbranched alkanes of at least 4 members (excludes halogenated alkanes) is 4. The summed E-state index contributed by atoms with van der Waals surface area (Å²) >= 11 is 0. The molecule has 0 bridgehead atoms. The predicted octanol–water partition coefficient (Wildman–Crippen LogP) is 4.27. The molecule has 0 aromatic rings. The number of carbonyl (C=O) groups is 1. The quantitative estimate of drug-likeness (QED) is 0.418. The molecular weight excluding hydrogens is 172 g/mol. The SMILES string of the molecule is CCCCCC=C(C)C(=O)CCCC. The molecule has 0 N–H and O–H groups in total. The van der Waals surface area contributed by atoms with E-state index in [1.807, 2.05) is 6.92 Å². The van der Waals surface area contributed by atoms with Gasteiger partial charge in [-0.2, -0.15) is 0 Å². The lowest BCUT2D eigenvalue weighted by molar-refractivity contribution is -0.115. The van der Waals surface area contributed by atoms with Crippen LogP contribution in [-0.4, -0.2) is 5.78 Å². The molecule has 0 unspecified atom stereocenters. The number of Topliss-reactive ketones (excluding diaryl/α,β-unsaturated/α-hetero) is 1. The van der Waals surface area contributed by atoms with Crippen LogP contribution in [0.1, 0.15) is 65.7 Å². The molecule has 0 fully saturated rings. The van der Waals surface area contributed by atoms with Crippen LogP contribution in [0.25, 0.3) is 0 Å². The highest BCUT2D eigenvalue weighted by atomic mass is 16.1. The fourth-order valence-electron chi connectivity index (χ4n) is 1.36. The van der Waals surface area contributed by atoms with Crippen LogP contribution in [0, 0.1) is 0 Å². The minimum absolute atomic E-state index is 0.336. The first-order chi connectivity index (χ1) is 6.72. The molecule has 1 nitrogen and oxygen atoms in total. The highest BCUT2D eigenvalue weighted by Crippen LogP contribution is 2.07. The molecule has 0 spiro atoms. The summed E-state index contributed by atoms with van der Waals surface area (Å²) in [5.41, 5.74) is 0.967. The molecule has 0 saturated carbocycles. The summed E-state index contributed by atoms with van der Waals surface area (Å²) in [5, 5.41) is 0. The maximum Gasteiger partial charge on any atom is 0.158 e. The van der Waals surface area contributed by atoms with Crippen molar-refractivity contribution in [3.05, 3.63) is 11.6 Å². The van der Waals surface area contributed by atoms with Crippen LogP contribution in [-0.2, 0) is 4.79 Å². The first-order valence-corrected chi connectivity index (χ1v) is 5.92. The number of allylic oxidation sites excluding steroid dienone is 2. The molecule has 0 aromatic heterocycles. The number of carbonyl (C=O) groups excluding carboxylic acids is 1. The van der Waals surface area contributed by atoms with Crippen molar-refractivity contribution in [1.29, 1.82) is 0 Å². The van der Waals surface area contributed by atoms with Crippen LogP contribution >= 0.6 is 0 Å².